The third-order valence-corrected chi connectivity index (χ3v) is 6.80. The van der Waals surface area contributed by atoms with Gasteiger partial charge in [-0.25, -0.2) is 18.0 Å². The maximum Gasteiger partial charge on any atom is 0.417 e. The SMILES string of the molecule is CC(F)(F)CN1C(=O)C2=C(C(c3cccc4[nH]c(=O)oc34)=NC2)C1c1ccc(Oc2ccc(Cl)cc2)cc1F. The smallest absolute Gasteiger partial charge is 0.417 e. The summed E-state index contributed by atoms with van der Waals surface area (Å²) in [6, 6.07) is 14.3. The van der Waals surface area contributed by atoms with E-state index in [0.29, 0.717) is 34.3 Å². The molecule has 198 valence electrons. The molecule has 4 aromatic rings. The summed E-state index contributed by atoms with van der Waals surface area (Å²) in [4.78, 5) is 33.2. The zero-order valence-electron chi connectivity index (χ0n) is 20.3. The standard InChI is InChI=1S/C28H19ClF3N3O4/c1-28(31,32)13-35-24(17-10-9-16(11-20(17)30)38-15-7-5-14(29)6-8-15)22-19(26(35)36)12-33-23(22)18-3-2-4-21-25(18)39-27(37)34-21/h2-11,24H,12-13H2,1H3,(H,34,37). The van der Waals surface area contributed by atoms with Crippen LogP contribution >= 0.6 is 11.6 Å². The zero-order valence-corrected chi connectivity index (χ0v) is 21.1. The van der Waals surface area contributed by atoms with Crippen molar-refractivity contribution in [1.29, 1.82) is 0 Å². The van der Waals surface area contributed by atoms with Crippen molar-refractivity contribution < 1.29 is 27.1 Å². The van der Waals surface area contributed by atoms with E-state index < -0.39 is 36.0 Å². The quantitative estimate of drug-likeness (QED) is 0.315. The molecule has 0 fully saturated rings. The number of aromatic amines is 1. The van der Waals surface area contributed by atoms with Crippen LogP contribution in [0.4, 0.5) is 13.2 Å². The average molecular weight is 554 g/mol. The van der Waals surface area contributed by atoms with E-state index in [4.69, 9.17) is 20.8 Å². The summed E-state index contributed by atoms with van der Waals surface area (Å²) in [5.41, 5.74) is 1.76. The maximum atomic E-state index is 15.7. The lowest BCUT2D eigenvalue weighted by atomic mass is 9.91. The largest absolute Gasteiger partial charge is 0.457 e. The van der Waals surface area contributed by atoms with Crippen LogP contribution in [-0.4, -0.2) is 40.5 Å². The van der Waals surface area contributed by atoms with Crippen LogP contribution < -0.4 is 10.5 Å². The minimum atomic E-state index is -3.24. The number of aliphatic imine (C=N–C) groups is 1. The molecule has 1 aromatic heterocycles. The van der Waals surface area contributed by atoms with E-state index in [2.05, 4.69) is 9.98 Å². The number of amides is 1. The molecular weight excluding hydrogens is 535 g/mol. The Morgan fingerprint density at radius 3 is 2.59 bits per heavy atom. The third kappa shape index (κ3) is 4.50. The lowest BCUT2D eigenvalue weighted by molar-refractivity contribution is -0.132. The molecule has 2 aliphatic rings. The molecule has 6 rings (SSSR count). The highest BCUT2D eigenvalue weighted by Crippen LogP contribution is 2.45. The number of H-pyrrole nitrogens is 1. The number of nitrogens with zero attached hydrogens (tertiary/aromatic N) is 2. The second kappa shape index (κ2) is 9.16. The molecule has 0 radical (unpaired) electrons. The van der Waals surface area contributed by atoms with Crippen molar-refractivity contribution in [2.75, 3.05) is 13.1 Å². The molecule has 0 saturated heterocycles. The van der Waals surface area contributed by atoms with Crippen molar-refractivity contribution in [2.24, 2.45) is 4.99 Å². The molecule has 7 nitrogen and oxygen atoms in total. The van der Waals surface area contributed by atoms with Crippen LogP contribution in [0.25, 0.3) is 11.1 Å². The molecule has 2 aliphatic heterocycles. The van der Waals surface area contributed by atoms with E-state index in [1.54, 1.807) is 42.5 Å². The van der Waals surface area contributed by atoms with Crippen LogP contribution in [0.1, 0.15) is 24.1 Å². The first-order chi connectivity index (χ1) is 18.6. The number of alkyl halides is 2. The van der Waals surface area contributed by atoms with Crippen LogP contribution in [0.15, 0.2) is 86.0 Å². The molecule has 3 heterocycles. The molecule has 0 bridgehead atoms. The predicted octanol–water partition coefficient (Wildman–Crippen LogP) is 6.04. The minimum absolute atomic E-state index is 0.00153. The lowest BCUT2D eigenvalue weighted by Crippen LogP contribution is -2.40. The van der Waals surface area contributed by atoms with Crippen molar-refractivity contribution in [3.05, 3.63) is 104 Å². The number of hydrogen-bond donors (Lipinski definition) is 1. The van der Waals surface area contributed by atoms with Gasteiger partial charge in [0.1, 0.15) is 17.3 Å². The molecule has 1 unspecified atom stereocenters. The van der Waals surface area contributed by atoms with Gasteiger partial charge in [-0.1, -0.05) is 17.7 Å². The fourth-order valence-electron chi connectivity index (χ4n) is 5.00. The van der Waals surface area contributed by atoms with Gasteiger partial charge in [-0.15, -0.1) is 0 Å². The molecule has 11 heteroatoms. The highest BCUT2D eigenvalue weighted by Gasteiger charge is 2.48. The van der Waals surface area contributed by atoms with E-state index in [-0.39, 0.29) is 34.7 Å². The number of nitrogens with one attached hydrogen (secondary N) is 1. The van der Waals surface area contributed by atoms with E-state index in [0.717, 1.165) is 11.0 Å². The number of rotatable bonds is 6. The van der Waals surface area contributed by atoms with E-state index in [1.807, 2.05) is 0 Å². The molecule has 1 amide bonds. The fourth-order valence-corrected chi connectivity index (χ4v) is 5.13. The Bertz CT molecular complexity index is 1750. The van der Waals surface area contributed by atoms with Gasteiger partial charge in [0.15, 0.2) is 5.58 Å². The number of aromatic nitrogens is 1. The molecule has 0 aliphatic carbocycles. The van der Waals surface area contributed by atoms with Crippen LogP contribution in [0.5, 0.6) is 11.5 Å². The van der Waals surface area contributed by atoms with Gasteiger partial charge in [-0.05, 0) is 48.5 Å². The van der Waals surface area contributed by atoms with Gasteiger partial charge < -0.3 is 14.1 Å². The van der Waals surface area contributed by atoms with E-state index in [9.17, 15) is 18.4 Å². The lowest BCUT2D eigenvalue weighted by Gasteiger charge is -2.30. The Hall–Kier alpha value is -4.31. The van der Waals surface area contributed by atoms with Crippen molar-refractivity contribution in [3.63, 3.8) is 0 Å². The van der Waals surface area contributed by atoms with Crippen molar-refractivity contribution in [3.8, 4) is 11.5 Å². The van der Waals surface area contributed by atoms with Gasteiger partial charge in [0.2, 0.25) is 0 Å². The first kappa shape index (κ1) is 25.0. The average Bonchev–Trinajstić information content (AvgIpc) is 3.54. The molecular formula is C28H19ClF3N3O4. The minimum Gasteiger partial charge on any atom is -0.457 e. The Kier molecular flexibility index (Phi) is 5.87. The molecule has 1 atom stereocenters. The van der Waals surface area contributed by atoms with Gasteiger partial charge in [0.05, 0.1) is 30.4 Å². The summed E-state index contributed by atoms with van der Waals surface area (Å²) in [7, 11) is 0. The van der Waals surface area contributed by atoms with Gasteiger partial charge in [-0.2, -0.15) is 0 Å². The molecule has 1 N–H and O–H groups in total. The number of carbonyl (C=O) groups is 1. The molecule has 0 spiro atoms. The highest BCUT2D eigenvalue weighted by molar-refractivity contribution is 6.30. The van der Waals surface area contributed by atoms with Crippen molar-refractivity contribution in [2.45, 2.75) is 18.9 Å². The Morgan fingerprint density at radius 2 is 1.87 bits per heavy atom. The fraction of sp³-hybridized carbons (Fsp3) is 0.179. The van der Waals surface area contributed by atoms with Crippen LogP contribution in [-0.2, 0) is 4.79 Å². The van der Waals surface area contributed by atoms with Crippen molar-refractivity contribution >= 4 is 34.3 Å². The van der Waals surface area contributed by atoms with Crippen LogP contribution in [0, 0.1) is 5.82 Å². The summed E-state index contributed by atoms with van der Waals surface area (Å²) in [6.07, 6.45) is 0. The first-order valence-electron chi connectivity index (χ1n) is 11.9. The number of benzene rings is 3. The van der Waals surface area contributed by atoms with Gasteiger partial charge in [-0.3, -0.25) is 14.8 Å². The number of hydrogen-bond acceptors (Lipinski definition) is 5. The van der Waals surface area contributed by atoms with Crippen LogP contribution in [0.3, 0.4) is 0 Å². The Labute approximate surface area is 224 Å². The highest BCUT2D eigenvalue weighted by atomic mass is 35.5. The van der Waals surface area contributed by atoms with Gasteiger partial charge in [0, 0.05) is 40.3 Å². The summed E-state index contributed by atoms with van der Waals surface area (Å²) in [6.45, 7) is -0.302. The van der Waals surface area contributed by atoms with E-state index >= 15 is 4.39 Å². The second-order valence-corrected chi connectivity index (χ2v) is 9.84. The Balaban J connectivity index is 1.44. The number of oxazole rings is 1. The maximum absolute atomic E-state index is 15.7. The zero-order chi connectivity index (χ0) is 27.5. The number of halogens is 4. The molecule has 3 aromatic carbocycles. The molecule has 0 saturated carbocycles. The van der Waals surface area contributed by atoms with E-state index in [1.165, 1.54) is 12.1 Å². The molecule has 39 heavy (non-hydrogen) atoms. The summed E-state index contributed by atoms with van der Waals surface area (Å²) < 4.78 is 55.2. The number of para-hydroxylation sites is 1. The second-order valence-electron chi connectivity index (χ2n) is 9.40. The monoisotopic (exact) mass is 553 g/mol. The van der Waals surface area contributed by atoms with Gasteiger partial charge in [0.25, 0.3) is 11.8 Å². The topological polar surface area (TPSA) is 87.9 Å². The normalized spacial score (nSPS) is 17.3. The number of carbonyl (C=O) groups excluding carboxylic acids is 1. The third-order valence-electron chi connectivity index (χ3n) is 6.55. The summed E-state index contributed by atoms with van der Waals surface area (Å²) >= 11 is 5.90. The van der Waals surface area contributed by atoms with Crippen molar-refractivity contribution in [1.82, 2.24) is 9.88 Å². The van der Waals surface area contributed by atoms with Crippen LogP contribution in [0.2, 0.25) is 5.02 Å². The summed E-state index contributed by atoms with van der Waals surface area (Å²) in [5, 5.41) is 0.510. The first-order valence-corrected chi connectivity index (χ1v) is 12.3. The summed E-state index contributed by atoms with van der Waals surface area (Å²) in [5.74, 6) is -4.74. The number of fused-ring (bicyclic) bond motifs is 1. The Morgan fingerprint density at radius 1 is 1.13 bits per heavy atom. The van der Waals surface area contributed by atoms with Gasteiger partial charge >= 0.3 is 5.76 Å². The predicted molar refractivity (Wildman–Crippen MR) is 138 cm³/mol. The number of ether oxygens (including phenoxy) is 1.